The van der Waals surface area contributed by atoms with Gasteiger partial charge in [0.1, 0.15) is 5.52 Å². The summed E-state index contributed by atoms with van der Waals surface area (Å²) in [6, 6.07) is 5.10. The SMILES string of the molecule is CC(CN1CCOCC1)n1c(N)nc2c(F)cccc21. The van der Waals surface area contributed by atoms with Crippen molar-refractivity contribution < 1.29 is 9.13 Å². The Hall–Kier alpha value is -1.66. The summed E-state index contributed by atoms with van der Waals surface area (Å²) < 4.78 is 21.0. The van der Waals surface area contributed by atoms with E-state index >= 15 is 0 Å². The highest BCUT2D eigenvalue weighted by Crippen LogP contribution is 2.25. The Morgan fingerprint density at radius 2 is 2.15 bits per heavy atom. The van der Waals surface area contributed by atoms with Crippen molar-refractivity contribution in [2.24, 2.45) is 0 Å². The Balaban J connectivity index is 1.88. The number of nitrogen functional groups attached to an aromatic ring is 1. The summed E-state index contributed by atoms with van der Waals surface area (Å²) in [6.07, 6.45) is 0. The first kappa shape index (κ1) is 13.3. The number of rotatable bonds is 3. The van der Waals surface area contributed by atoms with Gasteiger partial charge in [-0.25, -0.2) is 9.37 Å². The summed E-state index contributed by atoms with van der Waals surface area (Å²) in [4.78, 5) is 6.48. The number of para-hydroxylation sites is 1. The molecular formula is C14H19FN4O. The lowest BCUT2D eigenvalue weighted by atomic mass is 10.2. The molecule has 1 atom stereocenters. The second-order valence-corrected chi connectivity index (χ2v) is 5.21. The van der Waals surface area contributed by atoms with Crippen LogP contribution in [0.5, 0.6) is 0 Å². The minimum atomic E-state index is -0.327. The second kappa shape index (κ2) is 5.38. The second-order valence-electron chi connectivity index (χ2n) is 5.21. The highest BCUT2D eigenvalue weighted by molar-refractivity contribution is 5.79. The van der Waals surface area contributed by atoms with Gasteiger partial charge in [-0.1, -0.05) is 6.07 Å². The Bertz CT molecular complexity index is 606. The fourth-order valence-corrected chi connectivity index (χ4v) is 2.80. The van der Waals surface area contributed by atoms with Crippen molar-refractivity contribution in [3.63, 3.8) is 0 Å². The lowest BCUT2D eigenvalue weighted by molar-refractivity contribution is 0.0329. The van der Waals surface area contributed by atoms with Gasteiger partial charge in [0.25, 0.3) is 0 Å². The maximum atomic E-state index is 13.7. The fourth-order valence-electron chi connectivity index (χ4n) is 2.80. The molecule has 0 amide bonds. The molecular weight excluding hydrogens is 259 g/mol. The third kappa shape index (κ3) is 2.36. The van der Waals surface area contributed by atoms with E-state index in [1.54, 1.807) is 6.07 Å². The number of ether oxygens (including phenoxy) is 1. The topological polar surface area (TPSA) is 56.3 Å². The summed E-state index contributed by atoms with van der Waals surface area (Å²) in [5, 5.41) is 0. The number of morpholine rings is 1. The largest absolute Gasteiger partial charge is 0.379 e. The fraction of sp³-hybridized carbons (Fsp3) is 0.500. The first-order valence-corrected chi connectivity index (χ1v) is 6.89. The van der Waals surface area contributed by atoms with Gasteiger partial charge >= 0.3 is 0 Å². The van der Waals surface area contributed by atoms with Crippen molar-refractivity contribution in [2.45, 2.75) is 13.0 Å². The van der Waals surface area contributed by atoms with Crippen LogP contribution in [-0.2, 0) is 4.74 Å². The van der Waals surface area contributed by atoms with Gasteiger partial charge in [0, 0.05) is 25.7 Å². The summed E-state index contributed by atoms with van der Waals surface area (Å²) in [5.41, 5.74) is 7.07. The first-order chi connectivity index (χ1) is 9.66. The molecule has 1 saturated heterocycles. The van der Waals surface area contributed by atoms with Gasteiger partial charge in [0.15, 0.2) is 5.82 Å². The number of hydrogen-bond acceptors (Lipinski definition) is 4. The molecule has 20 heavy (non-hydrogen) atoms. The molecule has 3 rings (SSSR count). The summed E-state index contributed by atoms with van der Waals surface area (Å²) in [7, 11) is 0. The molecule has 1 aromatic heterocycles. The van der Waals surface area contributed by atoms with Gasteiger partial charge in [-0.05, 0) is 19.1 Å². The molecule has 0 saturated carbocycles. The first-order valence-electron chi connectivity index (χ1n) is 6.89. The Labute approximate surface area is 117 Å². The quantitative estimate of drug-likeness (QED) is 0.927. The number of fused-ring (bicyclic) bond motifs is 1. The Morgan fingerprint density at radius 1 is 1.40 bits per heavy atom. The van der Waals surface area contributed by atoms with Crippen molar-refractivity contribution in [2.75, 3.05) is 38.6 Å². The van der Waals surface area contributed by atoms with E-state index in [0.29, 0.717) is 11.5 Å². The molecule has 108 valence electrons. The molecule has 2 N–H and O–H groups in total. The molecule has 2 heterocycles. The van der Waals surface area contributed by atoms with Crippen LogP contribution in [-0.4, -0.2) is 47.3 Å². The molecule has 1 unspecified atom stereocenters. The highest BCUT2D eigenvalue weighted by atomic mass is 19.1. The molecule has 5 nitrogen and oxygen atoms in total. The van der Waals surface area contributed by atoms with Crippen LogP contribution in [0, 0.1) is 5.82 Å². The Morgan fingerprint density at radius 3 is 2.90 bits per heavy atom. The number of anilines is 1. The third-order valence-corrected chi connectivity index (χ3v) is 3.77. The van der Waals surface area contributed by atoms with Crippen LogP contribution in [0.1, 0.15) is 13.0 Å². The average molecular weight is 278 g/mol. The van der Waals surface area contributed by atoms with E-state index in [0.717, 1.165) is 38.4 Å². The number of aromatic nitrogens is 2. The molecule has 0 radical (unpaired) electrons. The lowest BCUT2D eigenvalue weighted by Crippen LogP contribution is -2.39. The number of imidazole rings is 1. The number of halogens is 1. The molecule has 1 aromatic carbocycles. The summed E-state index contributed by atoms with van der Waals surface area (Å²) >= 11 is 0. The van der Waals surface area contributed by atoms with Gasteiger partial charge in [0.2, 0.25) is 5.95 Å². The number of benzene rings is 1. The van der Waals surface area contributed by atoms with E-state index < -0.39 is 0 Å². The van der Waals surface area contributed by atoms with Crippen molar-refractivity contribution in [3.05, 3.63) is 24.0 Å². The molecule has 0 spiro atoms. The maximum absolute atomic E-state index is 13.7. The lowest BCUT2D eigenvalue weighted by Gasteiger charge is -2.30. The van der Waals surface area contributed by atoms with Crippen molar-refractivity contribution in [3.8, 4) is 0 Å². The normalized spacial score (nSPS) is 18.5. The molecule has 1 fully saturated rings. The van der Waals surface area contributed by atoms with E-state index in [2.05, 4.69) is 16.8 Å². The van der Waals surface area contributed by atoms with E-state index in [4.69, 9.17) is 10.5 Å². The molecule has 1 aliphatic rings. The van der Waals surface area contributed by atoms with Crippen LogP contribution in [0.2, 0.25) is 0 Å². The van der Waals surface area contributed by atoms with Crippen LogP contribution >= 0.6 is 0 Å². The van der Waals surface area contributed by atoms with Gasteiger partial charge in [0.05, 0.1) is 18.7 Å². The van der Waals surface area contributed by atoms with Crippen molar-refractivity contribution in [1.82, 2.24) is 14.5 Å². The van der Waals surface area contributed by atoms with Gasteiger partial charge < -0.3 is 15.0 Å². The monoisotopic (exact) mass is 278 g/mol. The smallest absolute Gasteiger partial charge is 0.201 e. The maximum Gasteiger partial charge on any atom is 0.201 e. The molecule has 1 aliphatic heterocycles. The minimum Gasteiger partial charge on any atom is -0.379 e. The zero-order chi connectivity index (χ0) is 14.1. The predicted octanol–water partition coefficient (Wildman–Crippen LogP) is 1.65. The summed E-state index contributed by atoms with van der Waals surface area (Å²) in [5.74, 6) is 0.0392. The Kier molecular flexibility index (Phi) is 3.58. The zero-order valence-electron chi connectivity index (χ0n) is 11.6. The number of hydrogen-bond donors (Lipinski definition) is 1. The van der Waals surface area contributed by atoms with Gasteiger partial charge in [-0.15, -0.1) is 0 Å². The minimum absolute atomic E-state index is 0.139. The number of nitrogens with two attached hydrogens (primary N) is 1. The van der Waals surface area contributed by atoms with Gasteiger partial charge in [-0.3, -0.25) is 4.90 Å². The van der Waals surface area contributed by atoms with Crippen LogP contribution in [0.25, 0.3) is 11.0 Å². The zero-order valence-corrected chi connectivity index (χ0v) is 11.6. The van der Waals surface area contributed by atoms with Gasteiger partial charge in [-0.2, -0.15) is 0 Å². The predicted molar refractivity (Wildman–Crippen MR) is 76.1 cm³/mol. The van der Waals surface area contributed by atoms with Crippen molar-refractivity contribution in [1.29, 1.82) is 0 Å². The molecule has 0 bridgehead atoms. The molecule has 0 aliphatic carbocycles. The third-order valence-electron chi connectivity index (χ3n) is 3.77. The average Bonchev–Trinajstić information content (AvgIpc) is 2.78. The van der Waals surface area contributed by atoms with Crippen LogP contribution in [0.3, 0.4) is 0 Å². The van der Waals surface area contributed by atoms with E-state index in [1.165, 1.54) is 6.07 Å². The summed E-state index contributed by atoms with van der Waals surface area (Å²) in [6.45, 7) is 6.31. The van der Waals surface area contributed by atoms with Crippen LogP contribution < -0.4 is 5.73 Å². The van der Waals surface area contributed by atoms with Crippen LogP contribution in [0.4, 0.5) is 10.3 Å². The van der Waals surface area contributed by atoms with E-state index in [9.17, 15) is 4.39 Å². The van der Waals surface area contributed by atoms with Crippen molar-refractivity contribution >= 4 is 17.0 Å². The molecule has 6 heteroatoms. The standard InChI is InChI=1S/C14H19FN4O/c1-10(9-18-5-7-20-8-6-18)19-12-4-2-3-11(15)13(12)17-14(19)16/h2-4,10H,5-9H2,1H3,(H2,16,17). The number of nitrogens with zero attached hydrogens (tertiary/aromatic N) is 3. The van der Waals surface area contributed by atoms with E-state index in [1.807, 2.05) is 10.6 Å². The molecule has 2 aromatic rings. The van der Waals surface area contributed by atoms with Crippen LogP contribution in [0.15, 0.2) is 18.2 Å². The highest BCUT2D eigenvalue weighted by Gasteiger charge is 2.19. The van der Waals surface area contributed by atoms with E-state index in [-0.39, 0.29) is 11.9 Å².